The van der Waals surface area contributed by atoms with E-state index in [2.05, 4.69) is 15.2 Å². The molecular formula is C29H27N3O3S. The average Bonchev–Trinajstić information content (AvgIpc) is 2.90. The van der Waals surface area contributed by atoms with Gasteiger partial charge in [-0.05, 0) is 31.0 Å². The Morgan fingerprint density at radius 2 is 1.25 bits per heavy atom. The van der Waals surface area contributed by atoms with Crippen LogP contribution >= 0.6 is 0 Å². The molecular weight excluding hydrogens is 470 g/mol. The third kappa shape index (κ3) is 6.53. The van der Waals surface area contributed by atoms with Crippen molar-refractivity contribution < 1.29 is 13.2 Å². The SMILES string of the molecule is Cc1ccc(S(=O)(=O)N[C@@H](Cc2ccccc2)C(=O)NN=C(c2ccccc2)c2ccccc2)cc1. The van der Waals surface area contributed by atoms with Crippen LogP contribution in [-0.4, -0.2) is 26.1 Å². The highest BCUT2D eigenvalue weighted by Gasteiger charge is 2.26. The van der Waals surface area contributed by atoms with Gasteiger partial charge in [0.25, 0.3) is 5.91 Å². The summed E-state index contributed by atoms with van der Waals surface area (Å²) in [6.45, 7) is 1.88. The van der Waals surface area contributed by atoms with E-state index >= 15 is 0 Å². The number of sulfonamides is 1. The van der Waals surface area contributed by atoms with E-state index in [1.165, 1.54) is 12.1 Å². The summed E-state index contributed by atoms with van der Waals surface area (Å²) in [4.78, 5) is 13.4. The smallest absolute Gasteiger partial charge is 0.258 e. The predicted octanol–water partition coefficient (Wildman–Crippen LogP) is 4.45. The van der Waals surface area contributed by atoms with Crippen LogP contribution in [0.25, 0.3) is 0 Å². The normalized spacial score (nSPS) is 11.9. The lowest BCUT2D eigenvalue weighted by atomic mass is 10.0. The molecule has 2 N–H and O–H groups in total. The van der Waals surface area contributed by atoms with Gasteiger partial charge in [-0.2, -0.15) is 9.82 Å². The van der Waals surface area contributed by atoms with Gasteiger partial charge in [-0.15, -0.1) is 0 Å². The van der Waals surface area contributed by atoms with Gasteiger partial charge in [0.05, 0.1) is 10.6 Å². The highest BCUT2D eigenvalue weighted by atomic mass is 32.2. The molecule has 4 rings (SSSR count). The number of rotatable bonds is 9. The zero-order chi connectivity index (χ0) is 25.4. The average molecular weight is 498 g/mol. The summed E-state index contributed by atoms with van der Waals surface area (Å²) in [6.07, 6.45) is 0.166. The molecule has 0 aliphatic rings. The fourth-order valence-corrected chi connectivity index (χ4v) is 4.88. The number of amides is 1. The molecule has 6 nitrogen and oxygen atoms in total. The number of carbonyl (C=O) groups is 1. The van der Waals surface area contributed by atoms with Gasteiger partial charge < -0.3 is 0 Å². The highest BCUT2D eigenvalue weighted by molar-refractivity contribution is 7.89. The molecule has 0 unspecified atom stereocenters. The highest BCUT2D eigenvalue weighted by Crippen LogP contribution is 2.14. The van der Waals surface area contributed by atoms with Crippen LogP contribution in [0.15, 0.2) is 125 Å². The maximum Gasteiger partial charge on any atom is 0.258 e. The molecule has 0 radical (unpaired) electrons. The van der Waals surface area contributed by atoms with Crippen molar-refractivity contribution in [3.8, 4) is 0 Å². The molecule has 0 aliphatic carbocycles. The molecule has 0 spiro atoms. The summed E-state index contributed by atoms with van der Waals surface area (Å²) in [5.74, 6) is -0.557. The first-order valence-electron chi connectivity index (χ1n) is 11.5. The number of carbonyl (C=O) groups excluding carboxylic acids is 1. The Bertz CT molecular complexity index is 1380. The first-order chi connectivity index (χ1) is 17.4. The van der Waals surface area contributed by atoms with Gasteiger partial charge in [0, 0.05) is 11.1 Å². The molecule has 4 aromatic carbocycles. The van der Waals surface area contributed by atoms with E-state index < -0.39 is 22.0 Å². The summed E-state index contributed by atoms with van der Waals surface area (Å²) >= 11 is 0. The van der Waals surface area contributed by atoms with Crippen LogP contribution in [0.3, 0.4) is 0 Å². The lowest BCUT2D eigenvalue weighted by Crippen LogP contribution is -2.47. The number of hydrazone groups is 1. The molecule has 182 valence electrons. The van der Waals surface area contributed by atoms with E-state index in [4.69, 9.17) is 0 Å². The first-order valence-corrected chi connectivity index (χ1v) is 13.0. The van der Waals surface area contributed by atoms with Gasteiger partial charge in [0.15, 0.2) is 0 Å². The number of aryl methyl sites for hydroxylation is 1. The second kappa shape index (κ2) is 11.6. The lowest BCUT2D eigenvalue weighted by molar-refractivity contribution is -0.122. The third-order valence-electron chi connectivity index (χ3n) is 5.60. The number of benzene rings is 4. The second-order valence-corrected chi connectivity index (χ2v) is 10.1. The van der Waals surface area contributed by atoms with Crippen molar-refractivity contribution in [3.05, 3.63) is 138 Å². The van der Waals surface area contributed by atoms with Crippen molar-refractivity contribution in [2.75, 3.05) is 0 Å². The second-order valence-electron chi connectivity index (χ2n) is 8.35. The van der Waals surface area contributed by atoms with Gasteiger partial charge in [0.2, 0.25) is 10.0 Å². The van der Waals surface area contributed by atoms with Crippen LogP contribution in [0, 0.1) is 6.92 Å². The topological polar surface area (TPSA) is 87.6 Å². The minimum absolute atomic E-state index is 0.0942. The maximum atomic E-state index is 13.3. The van der Waals surface area contributed by atoms with Crippen molar-refractivity contribution in [3.63, 3.8) is 0 Å². The van der Waals surface area contributed by atoms with Gasteiger partial charge in [-0.3, -0.25) is 4.79 Å². The Kier molecular flexibility index (Phi) is 8.05. The van der Waals surface area contributed by atoms with Crippen LogP contribution in [-0.2, 0) is 21.2 Å². The van der Waals surface area contributed by atoms with Crippen LogP contribution in [0.4, 0.5) is 0 Å². The maximum absolute atomic E-state index is 13.3. The summed E-state index contributed by atoms with van der Waals surface area (Å²) in [5.41, 5.74) is 6.58. The molecule has 0 heterocycles. The summed E-state index contributed by atoms with van der Waals surface area (Å²) in [5, 5.41) is 4.42. The molecule has 36 heavy (non-hydrogen) atoms. The van der Waals surface area contributed by atoms with E-state index in [9.17, 15) is 13.2 Å². The van der Waals surface area contributed by atoms with Crippen LogP contribution in [0.2, 0.25) is 0 Å². The third-order valence-corrected chi connectivity index (χ3v) is 7.09. The van der Waals surface area contributed by atoms with Crippen LogP contribution < -0.4 is 10.1 Å². The van der Waals surface area contributed by atoms with Crippen LogP contribution in [0.1, 0.15) is 22.3 Å². The van der Waals surface area contributed by atoms with Crippen molar-refractivity contribution in [1.29, 1.82) is 0 Å². The summed E-state index contributed by atoms with van der Waals surface area (Å²) < 4.78 is 28.8. The molecule has 1 amide bonds. The fraction of sp³-hybridized carbons (Fsp3) is 0.103. The van der Waals surface area contributed by atoms with E-state index in [0.717, 1.165) is 22.3 Å². The van der Waals surface area contributed by atoms with Crippen molar-refractivity contribution in [1.82, 2.24) is 10.1 Å². The van der Waals surface area contributed by atoms with Crippen molar-refractivity contribution in [2.45, 2.75) is 24.3 Å². The fourth-order valence-electron chi connectivity index (χ4n) is 3.69. The van der Waals surface area contributed by atoms with E-state index in [1.54, 1.807) is 12.1 Å². The van der Waals surface area contributed by atoms with Crippen LogP contribution in [0.5, 0.6) is 0 Å². The molecule has 0 aromatic heterocycles. The zero-order valence-electron chi connectivity index (χ0n) is 19.8. The minimum Gasteiger partial charge on any atom is -0.271 e. The molecule has 0 saturated heterocycles. The molecule has 4 aromatic rings. The van der Waals surface area contributed by atoms with Gasteiger partial charge in [0.1, 0.15) is 6.04 Å². The first kappa shape index (κ1) is 25.0. The van der Waals surface area contributed by atoms with E-state index in [-0.39, 0.29) is 11.3 Å². The quantitative estimate of drug-likeness (QED) is 0.265. The predicted molar refractivity (Wildman–Crippen MR) is 142 cm³/mol. The minimum atomic E-state index is -3.94. The largest absolute Gasteiger partial charge is 0.271 e. The Balaban J connectivity index is 1.63. The van der Waals surface area contributed by atoms with Gasteiger partial charge >= 0.3 is 0 Å². The Morgan fingerprint density at radius 1 is 0.750 bits per heavy atom. The monoisotopic (exact) mass is 497 g/mol. The lowest BCUT2D eigenvalue weighted by Gasteiger charge is -2.18. The molecule has 0 saturated carbocycles. The number of nitrogens with zero attached hydrogens (tertiary/aromatic N) is 1. The molecule has 7 heteroatoms. The van der Waals surface area contributed by atoms with Gasteiger partial charge in [-0.1, -0.05) is 109 Å². The molecule has 0 aliphatic heterocycles. The standard InChI is InChI=1S/C29H27N3O3S/c1-22-17-19-26(20-18-22)36(34,35)32-27(21-23-11-5-2-6-12-23)29(33)31-30-28(24-13-7-3-8-14-24)25-15-9-4-10-16-25/h2-20,27,32H,21H2,1H3,(H,31,33)/t27-/m0/s1. The molecule has 0 bridgehead atoms. The van der Waals surface area contributed by atoms with E-state index in [0.29, 0.717) is 5.71 Å². The number of nitrogens with one attached hydrogen (secondary N) is 2. The van der Waals surface area contributed by atoms with Crippen molar-refractivity contribution >= 4 is 21.6 Å². The number of hydrogen-bond donors (Lipinski definition) is 2. The molecule has 1 atom stereocenters. The number of hydrogen-bond acceptors (Lipinski definition) is 4. The Hall–Kier alpha value is -4.07. The summed E-state index contributed by atoms with van der Waals surface area (Å²) in [7, 11) is -3.94. The molecule has 0 fully saturated rings. The van der Waals surface area contributed by atoms with E-state index in [1.807, 2.05) is 97.9 Å². The Morgan fingerprint density at radius 3 is 1.78 bits per heavy atom. The summed E-state index contributed by atoms with van der Waals surface area (Å²) in [6, 6.07) is 33.7. The zero-order valence-corrected chi connectivity index (χ0v) is 20.7. The Labute approximate surface area is 211 Å². The van der Waals surface area contributed by atoms with Crippen molar-refractivity contribution in [2.24, 2.45) is 5.10 Å². The van der Waals surface area contributed by atoms with Gasteiger partial charge in [-0.25, -0.2) is 13.8 Å².